The van der Waals surface area contributed by atoms with Crippen LogP contribution in [0.25, 0.3) is 0 Å². The van der Waals surface area contributed by atoms with E-state index in [1.807, 2.05) is 49.6 Å². The van der Waals surface area contributed by atoms with Crippen molar-refractivity contribution in [3.63, 3.8) is 0 Å². The molecule has 18 heavy (non-hydrogen) atoms. The number of hydrogen-bond acceptors (Lipinski definition) is 2. The van der Waals surface area contributed by atoms with Crippen LogP contribution in [0, 0.1) is 0 Å². The first-order chi connectivity index (χ1) is 8.79. The molecule has 0 aliphatic rings. The summed E-state index contributed by atoms with van der Waals surface area (Å²) in [5.41, 5.74) is 2.80. The van der Waals surface area contributed by atoms with Gasteiger partial charge in [0.25, 0.3) is 5.91 Å². The first kappa shape index (κ1) is 12.2. The lowest BCUT2D eigenvalue weighted by molar-refractivity contribution is 0.0956. The van der Waals surface area contributed by atoms with E-state index in [4.69, 9.17) is 0 Å². The van der Waals surface area contributed by atoms with E-state index in [1.54, 1.807) is 0 Å². The molecule has 0 bridgehead atoms. The molecule has 4 heteroatoms. The highest BCUT2D eigenvalue weighted by molar-refractivity contribution is 5.95. The van der Waals surface area contributed by atoms with Crippen molar-refractivity contribution in [1.29, 1.82) is 0 Å². The fourth-order valence-corrected chi connectivity index (χ4v) is 1.71. The average molecular weight is 243 g/mol. The van der Waals surface area contributed by atoms with Gasteiger partial charge in [-0.2, -0.15) is 0 Å². The number of H-pyrrole nitrogens is 1. The molecule has 4 nitrogen and oxygen atoms in total. The molecule has 94 valence electrons. The van der Waals surface area contributed by atoms with E-state index >= 15 is 0 Å². The lowest BCUT2D eigenvalue weighted by atomic mass is 10.2. The normalized spacial score (nSPS) is 10.1. The third-order valence-electron chi connectivity index (χ3n) is 2.62. The second-order valence-corrected chi connectivity index (χ2v) is 4.01. The summed E-state index contributed by atoms with van der Waals surface area (Å²) in [5, 5.41) is 6.07. The van der Waals surface area contributed by atoms with Crippen molar-refractivity contribution in [3.05, 3.63) is 53.9 Å². The minimum absolute atomic E-state index is 0.0391. The highest BCUT2D eigenvalue weighted by Crippen LogP contribution is 2.12. The average Bonchev–Trinajstić information content (AvgIpc) is 2.90. The van der Waals surface area contributed by atoms with Crippen LogP contribution in [-0.4, -0.2) is 17.4 Å². The number of rotatable bonds is 5. The van der Waals surface area contributed by atoms with Gasteiger partial charge >= 0.3 is 0 Å². The minimum Gasteiger partial charge on any atom is -0.381 e. The van der Waals surface area contributed by atoms with Crippen molar-refractivity contribution >= 4 is 11.6 Å². The molecule has 0 unspecified atom stereocenters. The summed E-state index contributed by atoms with van der Waals surface area (Å²) >= 11 is 0. The van der Waals surface area contributed by atoms with E-state index in [-0.39, 0.29) is 5.91 Å². The smallest absolute Gasteiger partial charge is 0.251 e. The number of nitrogens with one attached hydrogen (secondary N) is 3. The number of amides is 1. The Hall–Kier alpha value is -2.23. The Kier molecular flexibility index (Phi) is 4.02. The topological polar surface area (TPSA) is 56.9 Å². The van der Waals surface area contributed by atoms with Gasteiger partial charge in [0.15, 0.2) is 0 Å². The molecule has 0 saturated heterocycles. The maximum absolute atomic E-state index is 11.7. The van der Waals surface area contributed by atoms with Crippen molar-refractivity contribution in [1.82, 2.24) is 10.3 Å². The highest BCUT2D eigenvalue weighted by atomic mass is 16.1. The summed E-state index contributed by atoms with van der Waals surface area (Å²) in [4.78, 5) is 14.7. The summed E-state index contributed by atoms with van der Waals surface area (Å²) < 4.78 is 0. The number of benzene rings is 1. The number of anilines is 1. The van der Waals surface area contributed by atoms with Crippen LogP contribution < -0.4 is 10.6 Å². The Morgan fingerprint density at radius 3 is 2.94 bits per heavy atom. The minimum atomic E-state index is -0.0391. The lowest BCUT2D eigenvalue weighted by Gasteiger charge is -2.07. The third kappa shape index (κ3) is 3.13. The lowest BCUT2D eigenvalue weighted by Crippen LogP contribution is -2.22. The Labute approximate surface area is 106 Å². The largest absolute Gasteiger partial charge is 0.381 e. The molecule has 0 aliphatic carbocycles. The molecule has 1 aromatic heterocycles. The van der Waals surface area contributed by atoms with Crippen LogP contribution in [0.15, 0.2) is 42.7 Å². The third-order valence-corrected chi connectivity index (χ3v) is 2.62. The van der Waals surface area contributed by atoms with Gasteiger partial charge in [-0.1, -0.05) is 6.07 Å². The number of aromatic amines is 1. The SMILES string of the molecule is CCNC(=O)c1cccc(NCc2cc[nH]c2)c1. The zero-order valence-corrected chi connectivity index (χ0v) is 10.4. The van der Waals surface area contributed by atoms with Gasteiger partial charge in [0.2, 0.25) is 0 Å². The molecule has 3 N–H and O–H groups in total. The Balaban J connectivity index is 2.01. The van der Waals surface area contributed by atoms with Gasteiger partial charge in [-0.05, 0) is 36.8 Å². The van der Waals surface area contributed by atoms with E-state index in [2.05, 4.69) is 15.6 Å². The van der Waals surface area contributed by atoms with Gasteiger partial charge in [-0.25, -0.2) is 0 Å². The second-order valence-electron chi connectivity index (χ2n) is 4.01. The first-order valence-electron chi connectivity index (χ1n) is 6.03. The maximum atomic E-state index is 11.7. The van der Waals surface area contributed by atoms with Crippen LogP contribution in [0.2, 0.25) is 0 Å². The van der Waals surface area contributed by atoms with Crippen molar-refractivity contribution in [3.8, 4) is 0 Å². The van der Waals surface area contributed by atoms with Crippen LogP contribution >= 0.6 is 0 Å². The molecule has 1 amide bonds. The van der Waals surface area contributed by atoms with Gasteiger partial charge in [0.1, 0.15) is 0 Å². The molecule has 2 aromatic rings. The molecule has 1 aromatic carbocycles. The van der Waals surface area contributed by atoms with Gasteiger partial charge in [0, 0.05) is 36.7 Å². The standard InChI is InChI=1S/C14H17N3O/c1-2-16-14(18)12-4-3-5-13(8-12)17-10-11-6-7-15-9-11/h3-9,15,17H,2,10H2,1H3,(H,16,18). The summed E-state index contributed by atoms with van der Waals surface area (Å²) in [7, 11) is 0. The number of aromatic nitrogens is 1. The van der Waals surface area contributed by atoms with E-state index in [0.717, 1.165) is 12.2 Å². The second kappa shape index (κ2) is 5.91. The summed E-state index contributed by atoms with van der Waals surface area (Å²) in [6.45, 7) is 3.29. The first-order valence-corrected chi connectivity index (χ1v) is 6.03. The molecule has 2 rings (SSSR count). The number of carbonyl (C=O) groups is 1. The van der Waals surface area contributed by atoms with Crippen molar-refractivity contribution < 1.29 is 4.79 Å². The molecule has 0 radical (unpaired) electrons. The van der Waals surface area contributed by atoms with E-state index < -0.39 is 0 Å². The van der Waals surface area contributed by atoms with Crippen LogP contribution in [0.1, 0.15) is 22.8 Å². The zero-order valence-electron chi connectivity index (χ0n) is 10.4. The summed E-state index contributed by atoms with van der Waals surface area (Å²) in [6.07, 6.45) is 3.84. The number of carbonyl (C=O) groups excluding carboxylic acids is 1. The van der Waals surface area contributed by atoms with Crippen molar-refractivity contribution in [2.24, 2.45) is 0 Å². The van der Waals surface area contributed by atoms with E-state index in [0.29, 0.717) is 12.1 Å². The maximum Gasteiger partial charge on any atom is 0.251 e. The Morgan fingerprint density at radius 2 is 2.22 bits per heavy atom. The van der Waals surface area contributed by atoms with Crippen molar-refractivity contribution in [2.45, 2.75) is 13.5 Å². The molecule has 0 spiro atoms. The van der Waals surface area contributed by atoms with Gasteiger partial charge in [0.05, 0.1) is 0 Å². The summed E-state index contributed by atoms with van der Waals surface area (Å²) in [5.74, 6) is -0.0391. The van der Waals surface area contributed by atoms with Crippen molar-refractivity contribution in [2.75, 3.05) is 11.9 Å². The van der Waals surface area contributed by atoms with E-state index in [9.17, 15) is 4.79 Å². The predicted octanol–water partition coefficient (Wildman–Crippen LogP) is 2.38. The van der Waals surface area contributed by atoms with Crippen LogP contribution in [-0.2, 0) is 6.54 Å². The molecule has 0 atom stereocenters. The predicted molar refractivity (Wildman–Crippen MR) is 72.6 cm³/mol. The Morgan fingerprint density at radius 1 is 1.33 bits per heavy atom. The quantitative estimate of drug-likeness (QED) is 0.755. The van der Waals surface area contributed by atoms with Gasteiger partial charge in [-0.15, -0.1) is 0 Å². The van der Waals surface area contributed by atoms with Gasteiger partial charge in [-0.3, -0.25) is 4.79 Å². The fourth-order valence-electron chi connectivity index (χ4n) is 1.71. The molecular weight excluding hydrogens is 226 g/mol. The molecule has 1 heterocycles. The molecule has 0 aliphatic heterocycles. The summed E-state index contributed by atoms with van der Waals surface area (Å²) in [6, 6.07) is 9.52. The molecule has 0 fully saturated rings. The molecule has 0 saturated carbocycles. The monoisotopic (exact) mass is 243 g/mol. The Bertz CT molecular complexity index is 506. The van der Waals surface area contributed by atoms with Gasteiger partial charge < -0.3 is 15.6 Å². The molecular formula is C14H17N3O. The van der Waals surface area contributed by atoms with E-state index in [1.165, 1.54) is 5.56 Å². The van der Waals surface area contributed by atoms with Crippen LogP contribution in [0.5, 0.6) is 0 Å². The van der Waals surface area contributed by atoms with Crippen LogP contribution in [0.3, 0.4) is 0 Å². The highest BCUT2D eigenvalue weighted by Gasteiger charge is 2.04. The zero-order chi connectivity index (χ0) is 12.8. The fraction of sp³-hybridized carbons (Fsp3) is 0.214. The van der Waals surface area contributed by atoms with Crippen LogP contribution in [0.4, 0.5) is 5.69 Å². The number of hydrogen-bond donors (Lipinski definition) is 3.